The van der Waals surface area contributed by atoms with Crippen molar-refractivity contribution in [1.29, 1.82) is 0 Å². The molecule has 3 nitrogen and oxygen atoms in total. The first-order valence-electron chi connectivity index (χ1n) is 6.93. The molecule has 0 aliphatic carbocycles. The second kappa shape index (κ2) is 6.61. The zero-order valence-corrected chi connectivity index (χ0v) is 12.7. The Morgan fingerprint density at radius 2 is 1.86 bits per heavy atom. The lowest BCUT2D eigenvalue weighted by atomic mass is 10.0. The number of benzene rings is 1. The third-order valence-electron chi connectivity index (χ3n) is 3.43. The Hall–Kier alpha value is -2.04. The highest BCUT2D eigenvalue weighted by Gasteiger charge is 2.15. The number of nitrogens with zero attached hydrogens (tertiary/aromatic N) is 2. The van der Waals surface area contributed by atoms with E-state index < -0.39 is 0 Å². The summed E-state index contributed by atoms with van der Waals surface area (Å²) in [5.41, 5.74) is 5.24. The normalized spacial score (nSPS) is 12.2. The number of pyridine rings is 1. The number of nitrogens with one attached hydrogen (secondary N) is 1. The van der Waals surface area contributed by atoms with Crippen molar-refractivity contribution in [2.24, 2.45) is 0 Å². The van der Waals surface area contributed by atoms with Gasteiger partial charge in [0.15, 0.2) is 0 Å². The Balaban J connectivity index is 1.85. The molecular formula is C17H17N3S. The van der Waals surface area contributed by atoms with Crippen LogP contribution in [0.4, 0.5) is 0 Å². The van der Waals surface area contributed by atoms with E-state index in [1.54, 1.807) is 11.3 Å². The fraction of sp³-hybridized carbons (Fsp3) is 0.176. The molecule has 2 aromatic heterocycles. The maximum absolute atomic E-state index is 4.50. The van der Waals surface area contributed by atoms with Crippen molar-refractivity contribution in [3.8, 4) is 0 Å². The van der Waals surface area contributed by atoms with Gasteiger partial charge in [-0.1, -0.05) is 36.4 Å². The maximum Gasteiger partial charge on any atom is 0.0798 e. The van der Waals surface area contributed by atoms with Crippen LogP contribution in [0.2, 0.25) is 0 Å². The van der Waals surface area contributed by atoms with E-state index in [1.165, 1.54) is 10.4 Å². The molecule has 0 bridgehead atoms. The van der Waals surface area contributed by atoms with Gasteiger partial charge in [0, 0.05) is 17.6 Å². The van der Waals surface area contributed by atoms with Gasteiger partial charge in [0.25, 0.3) is 0 Å². The van der Waals surface area contributed by atoms with Crippen LogP contribution in [0.25, 0.3) is 0 Å². The van der Waals surface area contributed by atoms with Gasteiger partial charge in [-0.25, -0.2) is 4.98 Å². The monoisotopic (exact) mass is 295 g/mol. The number of thiazole rings is 1. The highest BCUT2D eigenvalue weighted by atomic mass is 32.1. The van der Waals surface area contributed by atoms with E-state index in [4.69, 9.17) is 0 Å². The van der Waals surface area contributed by atoms with Crippen molar-refractivity contribution in [2.75, 3.05) is 0 Å². The van der Waals surface area contributed by atoms with E-state index in [0.29, 0.717) is 0 Å². The van der Waals surface area contributed by atoms with Crippen molar-refractivity contribution >= 4 is 11.3 Å². The number of aromatic nitrogens is 2. The molecule has 1 unspecified atom stereocenters. The summed E-state index contributed by atoms with van der Waals surface area (Å²) in [6.45, 7) is 2.85. The summed E-state index contributed by atoms with van der Waals surface area (Å²) in [7, 11) is 0. The molecule has 1 aromatic carbocycles. The van der Waals surface area contributed by atoms with Crippen molar-refractivity contribution < 1.29 is 0 Å². The predicted octanol–water partition coefficient (Wildman–Crippen LogP) is 3.73. The van der Waals surface area contributed by atoms with Gasteiger partial charge in [-0.15, -0.1) is 11.3 Å². The van der Waals surface area contributed by atoms with Crippen LogP contribution < -0.4 is 5.32 Å². The van der Waals surface area contributed by atoms with E-state index >= 15 is 0 Å². The molecule has 4 heteroatoms. The Labute approximate surface area is 128 Å². The Kier molecular flexibility index (Phi) is 4.38. The average molecular weight is 295 g/mol. The zero-order chi connectivity index (χ0) is 14.5. The summed E-state index contributed by atoms with van der Waals surface area (Å²) in [6, 6.07) is 16.5. The minimum absolute atomic E-state index is 0.0916. The molecule has 0 spiro atoms. The Morgan fingerprint density at radius 3 is 2.52 bits per heavy atom. The quantitative estimate of drug-likeness (QED) is 0.779. The predicted molar refractivity (Wildman–Crippen MR) is 86.2 cm³/mol. The van der Waals surface area contributed by atoms with Gasteiger partial charge in [0.05, 0.1) is 22.9 Å². The van der Waals surface area contributed by atoms with Crippen LogP contribution in [0.1, 0.15) is 27.9 Å². The first kappa shape index (κ1) is 13.9. The van der Waals surface area contributed by atoms with Crippen LogP contribution >= 0.6 is 11.3 Å². The van der Waals surface area contributed by atoms with Crippen LogP contribution in [0.5, 0.6) is 0 Å². The molecule has 3 aromatic rings. The standard InChI is InChI=1S/C17H17N3S/c1-13-16(21-12-20-13)11-19-17(14-7-3-2-4-8-14)15-9-5-6-10-18-15/h2-10,12,17,19H,11H2,1H3. The van der Waals surface area contributed by atoms with E-state index in [9.17, 15) is 0 Å². The molecule has 0 saturated heterocycles. The fourth-order valence-electron chi connectivity index (χ4n) is 2.28. The first-order valence-corrected chi connectivity index (χ1v) is 7.81. The van der Waals surface area contributed by atoms with Crippen LogP contribution in [0.3, 0.4) is 0 Å². The SMILES string of the molecule is Cc1ncsc1CNC(c1ccccc1)c1ccccn1. The molecule has 0 amide bonds. The minimum atomic E-state index is 0.0916. The maximum atomic E-state index is 4.50. The lowest BCUT2D eigenvalue weighted by Gasteiger charge is -2.18. The fourth-order valence-corrected chi connectivity index (χ4v) is 3.00. The van der Waals surface area contributed by atoms with Gasteiger partial charge < -0.3 is 0 Å². The van der Waals surface area contributed by atoms with Gasteiger partial charge in [0.1, 0.15) is 0 Å². The average Bonchev–Trinajstić information content (AvgIpc) is 2.95. The molecule has 0 aliphatic rings. The van der Waals surface area contributed by atoms with Crippen molar-refractivity contribution in [3.05, 3.63) is 82.1 Å². The molecule has 0 aliphatic heterocycles. The Morgan fingerprint density at radius 1 is 1.05 bits per heavy atom. The highest BCUT2D eigenvalue weighted by molar-refractivity contribution is 7.09. The largest absolute Gasteiger partial charge is 0.300 e. The molecular weight excluding hydrogens is 278 g/mol. The summed E-state index contributed by atoms with van der Waals surface area (Å²) < 4.78 is 0. The second-order valence-corrected chi connectivity index (χ2v) is 5.78. The number of aryl methyl sites for hydroxylation is 1. The van der Waals surface area contributed by atoms with Crippen molar-refractivity contribution in [3.63, 3.8) is 0 Å². The van der Waals surface area contributed by atoms with Gasteiger partial charge in [-0.2, -0.15) is 0 Å². The van der Waals surface area contributed by atoms with Crippen molar-refractivity contribution in [1.82, 2.24) is 15.3 Å². The summed E-state index contributed by atoms with van der Waals surface area (Å²) in [5, 5.41) is 3.60. The molecule has 0 radical (unpaired) electrons. The molecule has 1 atom stereocenters. The molecule has 3 rings (SSSR count). The molecule has 106 valence electrons. The van der Waals surface area contributed by atoms with Crippen LogP contribution in [0, 0.1) is 6.92 Å². The number of hydrogen-bond donors (Lipinski definition) is 1. The molecule has 0 fully saturated rings. The van der Waals surface area contributed by atoms with Gasteiger partial charge in [-0.05, 0) is 24.6 Å². The topological polar surface area (TPSA) is 37.8 Å². The molecule has 2 heterocycles. The van der Waals surface area contributed by atoms with Gasteiger partial charge >= 0.3 is 0 Å². The molecule has 0 saturated carbocycles. The first-order chi connectivity index (χ1) is 10.3. The summed E-state index contributed by atoms with van der Waals surface area (Å²) in [5.74, 6) is 0. The molecule has 1 N–H and O–H groups in total. The Bertz CT molecular complexity index is 640. The van der Waals surface area contributed by atoms with Gasteiger partial charge in [0.2, 0.25) is 0 Å². The van der Waals surface area contributed by atoms with E-state index in [1.807, 2.05) is 36.8 Å². The second-order valence-electron chi connectivity index (χ2n) is 4.84. The number of rotatable bonds is 5. The summed E-state index contributed by atoms with van der Waals surface area (Å²) >= 11 is 1.69. The number of hydrogen-bond acceptors (Lipinski definition) is 4. The van der Waals surface area contributed by atoms with E-state index in [-0.39, 0.29) is 6.04 Å². The lowest BCUT2D eigenvalue weighted by molar-refractivity contribution is 0.594. The highest BCUT2D eigenvalue weighted by Crippen LogP contribution is 2.21. The summed E-state index contributed by atoms with van der Waals surface area (Å²) in [4.78, 5) is 10.1. The van der Waals surface area contributed by atoms with Crippen LogP contribution in [0.15, 0.2) is 60.2 Å². The van der Waals surface area contributed by atoms with Crippen molar-refractivity contribution in [2.45, 2.75) is 19.5 Å². The smallest absolute Gasteiger partial charge is 0.0798 e. The third-order valence-corrected chi connectivity index (χ3v) is 4.36. The minimum Gasteiger partial charge on any atom is -0.300 e. The summed E-state index contributed by atoms with van der Waals surface area (Å²) in [6.07, 6.45) is 1.84. The van der Waals surface area contributed by atoms with Gasteiger partial charge in [-0.3, -0.25) is 10.3 Å². The lowest BCUT2D eigenvalue weighted by Crippen LogP contribution is -2.22. The molecule has 21 heavy (non-hydrogen) atoms. The van der Waals surface area contributed by atoms with E-state index in [0.717, 1.165) is 17.9 Å². The van der Waals surface area contributed by atoms with E-state index in [2.05, 4.69) is 45.6 Å². The zero-order valence-electron chi connectivity index (χ0n) is 11.9. The third kappa shape index (κ3) is 3.35. The van der Waals surface area contributed by atoms with Crippen LogP contribution in [-0.2, 0) is 6.54 Å². The van der Waals surface area contributed by atoms with Crippen LogP contribution in [-0.4, -0.2) is 9.97 Å².